The Bertz CT molecular complexity index is 628. The summed E-state index contributed by atoms with van der Waals surface area (Å²) in [4.78, 5) is 20.9. The van der Waals surface area contributed by atoms with E-state index in [1.54, 1.807) is 0 Å². The Morgan fingerprint density at radius 3 is 2.83 bits per heavy atom. The van der Waals surface area contributed by atoms with Crippen LogP contribution < -0.4 is 10.2 Å². The highest BCUT2D eigenvalue weighted by molar-refractivity contribution is 5.79. The van der Waals surface area contributed by atoms with Crippen LogP contribution in [0, 0.1) is 5.92 Å². The Balaban J connectivity index is 1.58. The predicted molar refractivity (Wildman–Crippen MR) is 90.5 cm³/mol. The highest BCUT2D eigenvalue weighted by atomic mass is 16.4. The number of hydrogen-bond donors (Lipinski definition) is 1. The first-order valence-corrected chi connectivity index (χ1v) is 8.19. The summed E-state index contributed by atoms with van der Waals surface area (Å²) < 4.78 is 5.82. The largest absolute Gasteiger partial charge is 0.423 e. The minimum Gasteiger partial charge on any atom is -0.423 e. The normalized spacial score (nSPS) is 16.0. The third kappa shape index (κ3) is 3.47. The minimum absolute atomic E-state index is 0.109. The van der Waals surface area contributed by atoms with Gasteiger partial charge in [-0.1, -0.05) is 12.1 Å². The van der Waals surface area contributed by atoms with Gasteiger partial charge >= 0.3 is 0 Å². The van der Waals surface area contributed by atoms with Gasteiger partial charge in [0, 0.05) is 39.1 Å². The maximum absolute atomic E-state index is 12.4. The van der Waals surface area contributed by atoms with Crippen molar-refractivity contribution >= 4 is 23.0 Å². The van der Waals surface area contributed by atoms with Crippen LogP contribution in [0.3, 0.4) is 0 Å². The molecular weight excluding hydrogens is 292 g/mol. The van der Waals surface area contributed by atoms with Gasteiger partial charge in [-0.15, -0.1) is 0 Å². The zero-order chi connectivity index (χ0) is 16.2. The summed E-state index contributed by atoms with van der Waals surface area (Å²) in [6.45, 7) is 3.19. The van der Waals surface area contributed by atoms with E-state index in [2.05, 4.69) is 15.2 Å². The number of amides is 1. The van der Waals surface area contributed by atoms with Gasteiger partial charge in [0.1, 0.15) is 5.52 Å². The van der Waals surface area contributed by atoms with Crippen LogP contribution in [0.4, 0.5) is 6.01 Å². The zero-order valence-corrected chi connectivity index (χ0v) is 13.8. The van der Waals surface area contributed by atoms with Crippen molar-refractivity contribution in [1.29, 1.82) is 0 Å². The van der Waals surface area contributed by atoms with Crippen molar-refractivity contribution in [2.75, 3.05) is 45.2 Å². The number of rotatable bonds is 5. The zero-order valence-electron chi connectivity index (χ0n) is 13.8. The molecule has 23 heavy (non-hydrogen) atoms. The Morgan fingerprint density at radius 1 is 1.39 bits per heavy atom. The van der Waals surface area contributed by atoms with Gasteiger partial charge in [0.2, 0.25) is 5.91 Å². The molecule has 0 atom stereocenters. The fourth-order valence-corrected chi connectivity index (χ4v) is 3.01. The first kappa shape index (κ1) is 15.8. The Kier molecular flexibility index (Phi) is 4.81. The minimum atomic E-state index is 0.109. The topological polar surface area (TPSA) is 61.6 Å². The van der Waals surface area contributed by atoms with Crippen LogP contribution in [-0.2, 0) is 4.79 Å². The first-order valence-electron chi connectivity index (χ1n) is 8.19. The molecule has 1 aromatic heterocycles. The van der Waals surface area contributed by atoms with E-state index in [4.69, 9.17) is 4.42 Å². The lowest BCUT2D eigenvalue weighted by Crippen LogP contribution is -2.42. The van der Waals surface area contributed by atoms with Gasteiger partial charge in [-0.3, -0.25) is 4.79 Å². The standard InChI is InChI=1S/C17H24N4O2/c1-18-9-12-20(2)16(22)13-7-10-21(11-8-13)17-19-14-5-3-4-6-15(14)23-17/h3-6,13,18H,7-12H2,1-2H3. The molecule has 2 aromatic rings. The quantitative estimate of drug-likeness (QED) is 0.910. The molecule has 3 rings (SSSR count). The number of carbonyl (C=O) groups excluding carboxylic acids is 1. The molecule has 1 N–H and O–H groups in total. The molecule has 0 saturated carbocycles. The van der Waals surface area contributed by atoms with Crippen LogP contribution in [-0.4, -0.2) is 56.1 Å². The van der Waals surface area contributed by atoms with Crippen LogP contribution in [0.1, 0.15) is 12.8 Å². The Labute approximate surface area is 136 Å². The molecule has 0 aliphatic carbocycles. The van der Waals surface area contributed by atoms with Gasteiger partial charge in [0.25, 0.3) is 6.01 Å². The molecule has 0 radical (unpaired) electrons. The second kappa shape index (κ2) is 7.00. The first-order chi connectivity index (χ1) is 11.2. The number of likely N-dealkylation sites (N-methyl/N-ethyl adjacent to an activating group) is 2. The van der Waals surface area contributed by atoms with Crippen molar-refractivity contribution in [3.05, 3.63) is 24.3 Å². The van der Waals surface area contributed by atoms with E-state index < -0.39 is 0 Å². The molecule has 124 valence electrons. The Hall–Kier alpha value is -2.08. The van der Waals surface area contributed by atoms with Crippen LogP contribution >= 0.6 is 0 Å². The molecule has 1 fully saturated rings. The highest BCUT2D eigenvalue weighted by Crippen LogP contribution is 2.26. The molecule has 1 amide bonds. The van der Waals surface area contributed by atoms with Gasteiger partial charge in [0.05, 0.1) is 0 Å². The van der Waals surface area contributed by atoms with Crippen LogP contribution in [0.5, 0.6) is 0 Å². The lowest BCUT2D eigenvalue weighted by atomic mass is 9.95. The summed E-state index contributed by atoms with van der Waals surface area (Å²) >= 11 is 0. The third-order valence-corrected chi connectivity index (χ3v) is 4.47. The lowest BCUT2D eigenvalue weighted by Gasteiger charge is -2.32. The molecule has 1 aliphatic heterocycles. The van der Waals surface area contributed by atoms with Crippen molar-refractivity contribution in [2.45, 2.75) is 12.8 Å². The summed E-state index contributed by atoms with van der Waals surface area (Å²) in [6, 6.07) is 8.46. The smallest absolute Gasteiger partial charge is 0.298 e. The van der Waals surface area contributed by atoms with E-state index in [1.165, 1.54) is 0 Å². The van der Waals surface area contributed by atoms with Gasteiger partial charge in [-0.25, -0.2) is 0 Å². The van der Waals surface area contributed by atoms with Crippen molar-refractivity contribution < 1.29 is 9.21 Å². The van der Waals surface area contributed by atoms with Crippen LogP contribution in [0.2, 0.25) is 0 Å². The Morgan fingerprint density at radius 2 is 2.13 bits per heavy atom. The lowest BCUT2D eigenvalue weighted by molar-refractivity contribution is -0.134. The second-order valence-corrected chi connectivity index (χ2v) is 6.09. The molecule has 1 aromatic carbocycles. The maximum atomic E-state index is 12.4. The van der Waals surface area contributed by atoms with E-state index in [1.807, 2.05) is 43.3 Å². The van der Waals surface area contributed by atoms with Crippen molar-refractivity contribution in [3.63, 3.8) is 0 Å². The molecule has 0 bridgehead atoms. The number of hydrogen-bond acceptors (Lipinski definition) is 5. The molecule has 2 heterocycles. The number of aromatic nitrogens is 1. The second-order valence-electron chi connectivity index (χ2n) is 6.09. The predicted octanol–water partition coefficient (Wildman–Crippen LogP) is 1.72. The number of nitrogens with zero attached hydrogens (tertiary/aromatic N) is 3. The number of para-hydroxylation sites is 2. The monoisotopic (exact) mass is 316 g/mol. The summed E-state index contributed by atoms with van der Waals surface area (Å²) in [6.07, 6.45) is 1.70. The average Bonchev–Trinajstić information content (AvgIpc) is 3.03. The van der Waals surface area contributed by atoms with Gasteiger partial charge in [0.15, 0.2) is 5.58 Å². The molecule has 1 aliphatic rings. The number of carbonyl (C=O) groups is 1. The van der Waals surface area contributed by atoms with Crippen LogP contribution in [0.15, 0.2) is 28.7 Å². The molecule has 6 nitrogen and oxygen atoms in total. The summed E-state index contributed by atoms with van der Waals surface area (Å²) in [5.74, 6) is 0.356. The number of oxazole rings is 1. The molecule has 1 saturated heterocycles. The van der Waals surface area contributed by atoms with E-state index >= 15 is 0 Å². The highest BCUT2D eigenvalue weighted by Gasteiger charge is 2.28. The van der Waals surface area contributed by atoms with Crippen molar-refractivity contribution in [3.8, 4) is 0 Å². The third-order valence-electron chi connectivity index (χ3n) is 4.47. The van der Waals surface area contributed by atoms with Gasteiger partial charge in [-0.2, -0.15) is 4.98 Å². The number of nitrogens with one attached hydrogen (secondary N) is 1. The average molecular weight is 316 g/mol. The van der Waals surface area contributed by atoms with E-state index in [0.717, 1.165) is 50.1 Å². The summed E-state index contributed by atoms with van der Waals surface area (Å²) in [7, 11) is 3.78. The van der Waals surface area contributed by atoms with E-state index in [9.17, 15) is 4.79 Å². The number of piperidine rings is 1. The number of anilines is 1. The fraction of sp³-hybridized carbons (Fsp3) is 0.529. The molecule has 0 unspecified atom stereocenters. The van der Waals surface area contributed by atoms with E-state index in [0.29, 0.717) is 6.01 Å². The molecule has 0 spiro atoms. The summed E-state index contributed by atoms with van der Waals surface area (Å²) in [5.41, 5.74) is 1.69. The maximum Gasteiger partial charge on any atom is 0.298 e. The van der Waals surface area contributed by atoms with Gasteiger partial charge < -0.3 is 19.5 Å². The SMILES string of the molecule is CNCCN(C)C(=O)C1CCN(c2nc3ccccc3o2)CC1. The fourth-order valence-electron chi connectivity index (χ4n) is 3.01. The molecule has 6 heteroatoms. The number of fused-ring (bicyclic) bond motifs is 1. The number of benzene rings is 1. The van der Waals surface area contributed by atoms with E-state index in [-0.39, 0.29) is 11.8 Å². The van der Waals surface area contributed by atoms with Crippen molar-refractivity contribution in [1.82, 2.24) is 15.2 Å². The molecular formula is C17H24N4O2. The van der Waals surface area contributed by atoms with Gasteiger partial charge in [-0.05, 0) is 32.0 Å². The van der Waals surface area contributed by atoms with Crippen LogP contribution in [0.25, 0.3) is 11.1 Å². The summed E-state index contributed by atoms with van der Waals surface area (Å²) in [5, 5.41) is 3.07. The van der Waals surface area contributed by atoms with Crippen molar-refractivity contribution in [2.24, 2.45) is 5.92 Å².